The minimum absolute atomic E-state index is 0.221. The van der Waals surface area contributed by atoms with E-state index < -0.39 is 0 Å². The lowest BCUT2D eigenvalue weighted by atomic mass is 10.0. The molecule has 1 aromatic carbocycles. The van der Waals surface area contributed by atoms with Gasteiger partial charge in [0, 0.05) is 5.69 Å². The molecule has 4 heteroatoms. The molecule has 0 N–H and O–H groups in total. The van der Waals surface area contributed by atoms with Crippen molar-refractivity contribution in [3.05, 3.63) is 52.8 Å². The second-order valence-electron chi connectivity index (χ2n) is 4.61. The summed E-state index contributed by atoms with van der Waals surface area (Å²) in [7, 11) is 1.41. The standard InChI is InChI=1S/C15H18N2O2/c1-11-8-12(2)17(16-11)10-14-7-5-4-6-13(14)9-15(18)19-3/h4-8H,9-10H2,1-3H3. The summed E-state index contributed by atoms with van der Waals surface area (Å²) in [5, 5.41) is 4.45. The van der Waals surface area contributed by atoms with Gasteiger partial charge in [0.15, 0.2) is 0 Å². The number of aryl methyl sites for hydroxylation is 2. The minimum Gasteiger partial charge on any atom is -0.469 e. The highest BCUT2D eigenvalue weighted by Crippen LogP contribution is 2.13. The zero-order chi connectivity index (χ0) is 13.8. The number of nitrogens with zero attached hydrogens (tertiary/aromatic N) is 2. The summed E-state index contributed by atoms with van der Waals surface area (Å²) in [6.45, 7) is 4.68. The molecular weight excluding hydrogens is 240 g/mol. The molecule has 100 valence electrons. The third-order valence-corrected chi connectivity index (χ3v) is 3.10. The first-order valence-electron chi connectivity index (χ1n) is 6.25. The predicted octanol–water partition coefficient (Wildman–Crippen LogP) is 2.26. The van der Waals surface area contributed by atoms with Crippen molar-refractivity contribution in [2.75, 3.05) is 7.11 Å². The fraction of sp³-hybridized carbons (Fsp3) is 0.333. The lowest BCUT2D eigenvalue weighted by Gasteiger charge is -2.10. The zero-order valence-electron chi connectivity index (χ0n) is 11.5. The molecule has 4 nitrogen and oxygen atoms in total. The molecule has 19 heavy (non-hydrogen) atoms. The Balaban J connectivity index is 2.25. The summed E-state index contributed by atoms with van der Waals surface area (Å²) >= 11 is 0. The fourth-order valence-electron chi connectivity index (χ4n) is 2.11. The van der Waals surface area contributed by atoms with Crippen molar-refractivity contribution in [3.8, 4) is 0 Å². The van der Waals surface area contributed by atoms with Gasteiger partial charge in [0.2, 0.25) is 0 Å². The Kier molecular flexibility index (Phi) is 4.00. The summed E-state index contributed by atoms with van der Waals surface area (Å²) in [6.07, 6.45) is 0.298. The van der Waals surface area contributed by atoms with Crippen LogP contribution in [0.4, 0.5) is 0 Å². The maximum absolute atomic E-state index is 11.4. The van der Waals surface area contributed by atoms with Gasteiger partial charge in [-0.05, 0) is 31.0 Å². The fourth-order valence-corrected chi connectivity index (χ4v) is 2.11. The monoisotopic (exact) mass is 258 g/mol. The average Bonchev–Trinajstić information content (AvgIpc) is 2.70. The van der Waals surface area contributed by atoms with E-state index in [2.05, 4.69) is 5.10 Å². The van der Waals surface area contributed by atoms with Crippen LogP contribution >= 0.6 is 0 Å². The van der Waals surface area contributed by atoms with Gasteiger partial charge in [0.1, 0.15) is 0 Å². The van der Waals surface area contributed by atoms with Gasteiger partial charge < -0.3 is 4.74 Å². The molecular formula is C15H18N2O2. The Bertz CT molecular complexity index is 588. The van der Waals surface area contributed by atoms with Crippen LogP contribution < -0.4 is 0 Å². The second kappa shape index (κ2) is 5.69. The van der Waals surface area contributed by atoms with E-state index in [1.54, 1.807) is 0 Å². The van der Waals surface area contributed by atoms with Gasteiger partial charge in [-0.3, -0.25) is 9.48 Å². The smallest absolute Gasteiger partial charge is 0.309 e. The van der Waals surface area contributed by atoms with E-state index >= 15 is 0 Å². The quantitative estimate of drug-likeness (QED) is 0.790. The van der Waals surface area contributed by atoms with Gasteiger partial charge in [-0.2, -0.15) is 5.10 Å². The van der Waals surface area contributed by atoms with Crippen molar-refractivity contribution >= 4 is 5.97 Å². The molecule has 0 atom stereocenters. The SMILES string of the molecule is COC(=O)Cc1ccccc1Cn1nc(C)cc1C. The first-order chi connectivity index (χ1) is 9.10. The molecule has 0 radical (unpaired) electrons. The van der Waals surface area contributed by atoms with Crippen LogP contribution in [-0.2, 0) is 22.5 Å². The lowest BCUT2D eigenvalue weighted by molar-refractivity contribution is -0.139. The molecule has 0 amide bonds. The van der Waals surface area contributed by atoms with Crippen LogP contribution in [0.3, 0.4) is 0 Å². The van der Waals surface area contributed by atoms with Crippen LogP contribution in [-0.4, -0.2) is 22.9 Å². The van der Waals surface area contributed by atoms with Crippen LogP contribution in [0.25, 0.3) is 0 Å². The molecule has 1 heterocycles. The normalized spacial score (nSPS) is 10.5. The lowest BCUT2D eigenvalue weighted by Crippen LogP contribution is -2.10. The predicted molar refractivity (Wildman–Crippen MR) is 73.0 cm³/mol. The summed E-state index contributed by atoms with van der Waals surface area (Å²) < 4.78 is 6.68. The Hall–Kier alpha value is -2.10. The molecule has 0 saturated carbocycles. The number of benzene rings is 1. The molecule has 0 aliphatic rings. The van der Waals surface area contributed by atoms with Gasteiger partial charge in [-0.25, -0.2) is 0 Å². The van der Waals surface area contributed by atoms with Crippen molar-refractivity contribution in [1.82, 2.24) is 9.78 Å². The second-order valence-corrected chi connectivity index (χ2v) is 4.61. The van der Waals surface area contributed by atoms with Gasteiger partial charge in [0.25, 0.3) is 0 Å². The van der Waals surface area contributed by atoms with Crippen molar-refractivity contribution < 1.29 is 9.53 Å². The molecule has 0 unspecified atom stereocenters. The van der Waals surface area contributed by atoms with Crippen LogP contribution in [0, 0.1) is 13.8 Å². The number of rotatable bonds is 4. The van der Waals surface area contributed by atoms with Crippen LogP contribution in [0.15, 0.2) is 30.3 Å². The number of ether oxygens (including phenoxy) is 1. The van der Waals surface area contributed by atoms with Crippen molar-refractivity contribution in [2.24, 2.45) is 0 Å². The Labute approximate surface area is 113 Å². The van der Waals surface area contributed by atoms with Gasteiger partial charge in [-0.15, -0.1) is 0 Å². The van der Waals surface area contributed by atoms with Crippen molar-refractivity contribution in [3.63, 3.8) is 0 Å². The Morgan fingerprint density at radius 3 is 2.53 bits per heavy atom. The zero-order valence-corrected chi connectivity index (χ0v) is 11.5. The summed E-state index contributed by atoms with van der Waals surface area (Å²) in [5.41, 5.74) is 4.20. The van der Waals surface area contributed by atoms with Gasteiger partial charge in [0.05, 0.1) is 25.8 Å². The molecule has 0 fully saturated rings. The molecule has 2 rings (SSSR count). The van der Waals surface area contributed by atoms with Crippen LogP contribution in [0.1, 0.15) is 22.5 Å². The molecule has 2 aromatic rings. The average molecular weight is 258 g/mol. The Morgan fingerprint density at radius 2 is 1.95 bits per heavy atom. The third kappa shape index (κ3) is 3.22. The summed E-state index contributed by atoms with van der Waals surface area (Å²) in [6, 6.07) is 9.93. The van der Waals surface area contributed by atoms with E-state index in [0.29, 0.717) is 13.0 Å². The first kappa shape index (κ1) is 13.3. The minimum atomic E-state index is -0.221. The number of aromatic nitrogens is 2. The number of esters is 1. The van der Waals surface area contributed by atoms with Crippen molar-refractivity contribution in [2.45, 2.75) is 26.8 Å². The van der Waals surface area contributed by atoms with Crippen LogP contribution in [0.2, 0.25) is 0 Å². The van der Waals surface area contributed by atoms with E-state index in [-0.39, 0.29) is 5.97 Å². The van der Waals surface area contributed by atoms with Gasteiger partial charge in [-0.1, -0.05) is 24.3 Å². The number of methoxy groups -OCH3 is 1. The van der Waals surface area contributed by atoms with E-state index in [1.807, 2.05) is 48.9 Å². The molecule has 0 bridgehead atoms. The third-order valence-electron chi connectivity index (χ3n) is 3.10. The highest BCUT2D eigenvalue weighted by atomic mass is 16.5. The molecule has 0 aliphatic carbocycles. The number of carbonyl (C=O) groups excluding carboxylic acids is 1. The molecule has 0 aliphatic heterocycles. The first-order valence-corrected chi connectivity index (χ1v) is 6.25. The van der Waals surface area contributed by atoms with Gasteiger partial charge >= 0.3 is 5.97 Å². The molecule has 0 saturated heterocycles. The topological polar surface area (TPSA) is 44.1 Å². The summed E-state index contributed by atoms with van der Waals surface area (Å²) in [4.78, 5) is 11.4. The number of carbonyl (C=O) groups is 1. The van der Waals surface area contributed by atoms with E-state index in [0.717, 1.165) is 22.5 Å². The highest BCUT2D eigenvalue weighted by Gasteiger charge is 2.09. The van der Waals surface area contributed by atoms with E-state index in [1.165, 1.54) is 7.11 Å². The van der Waals surface area contributed by atoms with E-state index in [4.69, 9.17) is 4.74 Å². The maximum atomic E-state index is 11.4. The Morgan fingerprint density at radius 1 is 1.26 bits per heavy atom. The van der Waals surface area contributed by atoms with E-state index in [9.17, 15) is 4.79 Å². The maximum Gasteiger partial charge on any atom is 0.309 e. The molecule has 0 spiro atoms. The van der Waals surface area contributed by atoms with Crippen LogP contribution in [0.5, 0.6) is 0 Å². The molecule has 1 aromatic heterocycles. The number of hydrogen-bond acceptors (Lipinski definition) is 3. The van der Waals surface area contributed by atoms with Crippen molar-refractivity contribution in [1.29, 1.82) is 0 Å². The largest absolute Gasteiger partial charge is 0.469 e. The summed E-state index contributed by atoms with van der Waals surface area (Å²) in [5.74, 6) is -0.221. The number of hydrogen-bond donors (Lipinski definition) is 0. The highest BCUT2D eigenvalue weighted by molar-refractivity contribution is 5.72.